The minimum absolute atomic E-state index is 0.397. The van der Waals surface area contributed by atoms with Crippen LogP contribution in [-0.2, 0) is 4.74 Å². The summed E-state index contributed by atoms with van der Waals surface area (Å²) < 4.78 is 5.62. The van der Waals surface area contributed by atoms with Gasteiger partial charge < -0.3 is 20.1 Å². The topological polar surface area (TPSA) is 44.7 Å². The minimum Gasteiger partial charge on any atom is -0.389 e. The summed E-state index contributed by atoms with van der Waals surface area (Å²) in [4.78, 5) is 2.12. The van der Waals surface area contributed by atoms with Crippen LogP contribution in [0, 0.1) is 5.92 Å². The zero-order valence-electron chi connectivity index (χ0n) is 13.3. The normalized spacial score (nSPS) is 14.8. The number of nitrogens with one attached hydrogen (secondary N) is 1. The van der Waals surface area contributed by atoms with Gasteiger partial charge in [0.2, 0.25) is 0 Å². The van der Waals surface area contributed by atoms with Gasteiger partial charge >= 0.3 is 0 Å². The molecule has 19 heavy (non-hydrogen) atoms. The molecule has 4 nitrogen and oxygen atoms in total. The summed E-state index contributed by atoms with van der Waals surface area (Å²) in [6.07, 6.45) is 4.53. The van der Waals surface area contributed by atoms with Gasteiger partial charge in [0.25, 0.3) is 0 Å². The average molecular weight is 274 g/mol. The highest BCUT2D eigenvalue weighted by atomic mass is 16.5. The molecular formula is C15H34N2O2. The first kappa shape index (κ1) is 18.8. The Morgan fingerprint density at radius 3 is 2.53 bits per heavy atom. The van der Waals surface area contributed by atoms with Gasteiger partial charge in [-0.15, -0.1) is 0 Å². The van der Waals surface area contributed by atoms with E-state index < -0.39 is 6.10 Å². The molecule has 0 aliphatic carbocycles. The Hall–Kier alpha value is -0.160. The van der Waals surface area contributed by atoms with Gasteiger partial charge in [0.05, 0.1) is 12.7 Å². The van der Waals surface area contributed by atoms with Gasteiger partial charge in [0, 0.05) is 26.2 Å². The maximum absolute atomic E-state index is 9.77. The van der Waals surface area contributed by atoms with E-state index in [1.807, 2.05) is 14.1 Å². The molecular weight excluding hydrogens is 240 g/mol. The van der Waals surface area contributed by atoms with Gasteiger partial charge in [-0.3, -0.25) is 0 Å². The van der Waals surface area contributed by atoms with Gasteiger partial charge in [-0.2, -0.15) is 0 Å². The molecule has 2 unspecified atom stereocenters. The number of hydrogen-bond donors (Lipinski definition) is 2. The van der Waals surface area contributed by atoms with Gasteiger partial charge in [-0.05, 0) is 26.4 Å². The van der Waals surface area contributed by atoms with E-state index in [0.29, 0.717) is 19.1 Å². The van der Waals surface area contributed by atoms with Crippen LogP contribution in [0.5, 0.6) is 0 Å². The molecule has 0 aliphatic rings. The molecule has 2 N–H and O–H groups in total. The van der Waals surface area contributed by atoms with E-state index in [-0.39, 0.29) is 0 Å². The molecule has 0 saturated heterocycles. The number of unbranched alkanes of at least 4 members (excludes halogenated alkanes) is 1. The second-order valence-electron chi connectivity index (χ2n) is 5.62. The van der Waals surface area contributed by atoms with Gasteiger partial charge in [-0.25, -0.2) is 0 Å². The number of hydrogen-bond acceptors (Lipinski definition) is 4. The third kappa shape index (κ3) is 12.6. The Kier molecular flexibility index (Phi) is 12.7. The van der Waals surface area contributed by atoms with Crippen LogP contribution in [0.25, 0.3) is 0 Å². The zero-order chi connectivity index (χ0) is 14.5. The van der Waals surface area contributed by atoms with Crippen LogP contribution in [-0.4, -0.2) is 63.1 Å². The quantitative estimate of drug-likeness (QED) is 0.502. The molecule has 0 aliphatic heterocycles. The van der Waals surface area contributed by atoms with E-state index in [4.69, 9.17) is 4.74 Å². The lowest BCUT2D eigenvalue weighted by Crippen LogP contribution is -2.34. The predicted molar refractivity (Wildman–Crippen MR) is 81.6 cm³/mol. The lowest BCUT2D eigenvalue weighted by molar-refractivity contribution is 0.0193. The maximum atomic E-state index is 9.77. The second-order valence-corrected chi connectivity index (χ2v) is 5.62. The Labute approximate surface area is 119 Å². The van der Waals surface area contributed by atoms with Gasteiger partial charge in [0.1, 0.15) is 0 Å². The summed E-state index contributed by atoms with van der Waals surface area (Å²) in [5.41, 5.74) is 0. The number of rotatable bonds is 13. The third-order valence-electron chi connectivity index (χ3n) is 3.32. The SMILES string of the molecule is CCCCC(CC)COCC(O)CNCCN(C)C. The predicted octanol–water partition coefficient (Wildman–Crippen LogP) is 1.73. The van der Waals surface area contributed by atoms with Gasteiger partial charge in [0.15, 0.2) is 0 Å². The first-order valence-corrected chi connectivity index (χ1v) is 7.71. The molecule has 0 saturated carbocycles. The van der Waals surface area contributed by atoms with Crippen molar-refractivity contribution in [3.8, 4) is 0 Å². The summed E-state index contributed by atoms with van der Waals surface area (Å²) in [7, 11) is 4.09. The molecule has 0 bridgehead atoms. The second kappa shape index (κ2) is 12.9. The molecule has 0 aromatic rings. The highest BCUT2D eigenvalue weighted by molar-refractivity contribution is 4.61. The van der Waals surface area contributed by atoms with Crippen LogP contribution in [0.2, 0.25) is 0 Å². The first-order chi connectivity index (χ1) is 9.10. The van der Waals surface area contributed by atoms with E-state index in [0.717, 1.165) is 26.1 Å². The fraction of sp³-hybridized carbons (Fsp3) is 1.00. The molecule has 2 atom stereocenters. The smallest absolute Gasteiger partial charge is 0.0897 e. The molecule has 0 aromatic heterocycles. The highest BCUT2D eigenvalue weighted by Crippen LogP contribution is 2.12. The van der Waals surface area contributed by atoms with E-state index in [1.54, 1.807) is 0 Å². The van der Waals surface area contributed by atoms with Crippen LogP contribution >= 0.6 is 0 Å². The average Bonchev–Trinajstić information content (AvgIpc) is 2.38. The summed E-state index contributed by atoms with van der Waals surface area (Å²) >= 11 is 0. The number of likely N-dealkylation sites (N-methyl/N-ethyl adjacent to an activating group) is 1. The van der Waals surface area contributed by atoms with Crippen molar-refractivity contribution in [2.45, 2.75) is 45.6 Å². The van der Waals surface area contributed by atoms with Gasteiger partial charge in [-0.1, -0.05) is 33.1 Å². The van der Waals surface area contributed by atoms with E-state index in [9.17, 15) is 5.11 Å². The summed E-state index contributed by atoms with van der Waals surface area (Å²) in [6.45, 7) is 8.16. The van der Waals surface area contributed by atoms with Crippen LogP contribution < -0.4 is 5.32 Å². The van der Waals surface area contributed by atoms with Crippen LogP contribution in [0.15, 0.2) is 0 Å². The molecule has 0 radical (unpaired) electrons. The summed E-state index contributed by atoms with van der Waals surface area (Å²) in [6, 6.07) is 0. The highest BCUT2D eigenvalue weighted by Gasteiger charge is 2.08. The minimum atomic E-state index is -0.397. The zero-order valence-corrected chi connectivity index (χ0v) is 13.3. The number of nitrogens with zero attached hydrogens (tertiary/aromatic N) is 1. The molecule has 116 valence electrons. The van der Waals surface area contributed by atoms with E-state index in [1.165, 1.54) is 19.3 Å². The van der Waals surface area contributed by atoms with E-state index >= 15 is 0 Å². The Balaban J connectivity index is 3.47. The van der Waals surface area contributed by atoms with Crippen molar-refractivity contribution in [3.05, 3.63) is 0 Å². The third-order valence-corrected chi connectivity index (χ3v) is 3.32. The Morgan fingerprint density at radius 1 is 1.21 bits per heavy atom. The van der Waals surface area contributed by atoms with Crippen LogP contribution in [0.3, 0.4) is 0 Å². The standard InChI is InChI=1S/C15H34N2O2/c1-5-7-8-14(6-2)12-19-13-15(18)11-16-9-10-17(3)4/h14-16,18H,5-13H2,1-4H3. The van der Waals surface area contributed by atoms with Crippen molar-refractivity contribution in [2.75, 3.05) is 46.9 Å². The van der Waals surface area contributed by atoms with Crippen molar-refractivity contribution in [1.29, 1.82) is 0 Å². The lowest BCUT2D eigenvalue weighted by atomic mass is 10.0. The van der Waals surface area contributed by atoms with Crippen LogP contribution in [0.4, 0.5) is 0 Å². The molecule has 0 heterocycles. The first-order valence-electron chi connectivity index (χ1n) is 7.71. The Morgan fingerprint density at radius 2 is 1.95 bits per heavy atom. The number of aliphatic hydroxyl groups is 1. The van der Waals surface area contributed by atoms with Crippen molar-refractivity contribution in [1.82, 2.24) is 10.2 Å². The number of ether oxygens (including phenoxy) is 1. The number of aliphatic hydroxyl groups excluding tert-OH is 1. The maximum Gasteiger partial charge on any atom is 0.0897 e. The molecule has 4 heteroatoms. The van der Waals surface area contributed by atoms with Crippen molar-refractivity contribution < 1.29 is 9.84 Å². The monoisotopic (exact) mass is 274 g/mol. The van der Waals surface area contributed by atoms with Crippen molar-refractivity contribution >= 4 is 0 Å². The molecule has 0 amide bonds. The van der Waals surface area contributed by atoms with E-state index in [2.05, 4.69) is 24.1 Å². The fourth-order valence-electron chi connectivity index (χ4n) is 1.90. The summed E-state index contributed by atoms with van der Waals surface area (Å²) in [5, 5.41) is 13.0. The molecule has 0 fully saturated rings. The summed E-state index contributed by atoms with van der Waals surface area (Å²) in [5.74, 6) is 0.647. The lowest BCUT2D eigenvalue weighted by Gasteiger charge is -2.17. The fourth-order valence-corrected chi connectivity index (χ4v) is 1.90. The molecule has 0 rings (SSSR count). The Bertz CT molecular complexity index is 189. The molecule has 0 spiro atoms. The molecule has 0 aromatic carbocycles. The van der Waals surface area contributed by atoms with Crippen molar-refractivity contribution in [3.63, 3.8) is 0 Å². The van der Waals surface area contributed by atoms with Crippen molar-refractivity contribution in [2.24, 2.45) is 5.92 Å². The largest absolute Gasteiger partial charge is 0.389 e. The van der Waals surface area contributed by atoms with Crippen LogP contribution in [0.1, 0.15) is 39.5 Å².